The number of amides is 1. The van der Waals surface area contributed by atoms with Crippen LogP contribution in [-0.4, -0.2) is 59.6 Å². The van der Waals surface area contributed by atoms with E-state index in [1.807, 2.05) is 7.05 Å². The van der Waals surface area contributed by atoms with E-state index in [4.69, 9.17) is 4.74 Å². The molecule has 0 aliphatic heterocycles. The van der Waals surface area contributed by atoms with Crippen LogP contribution in [0.1, 0.15) is 36.0 Å². The first kappa shape index (κ1) is 19.7. The van der Waals surface area contributed by atoms with Crippen LogP contribution < -0.4 is 14.8 Å². The molecule has 25 heavy (non-hydrogen) atoms. The van der Waals surface area contributed by atoms with Gasteiger partial charge in [0.2, 0.25) is 10.0 Å². The maximum Gasteiger partial charge on any atom is 0.253 e. The smallest absolute Gasteiger partial charge is 0.253 e. The third-order valence-corrected chi connectivity index (χ3v) is 5.96. The topological polar surface area (TPSA) is 87.7 Å². The third-order valence-electron chi connectivity index (χ3n) is 4.42. The molecule has 2 N–H and O–H groups in total. The summed E-state index contributed by atoms with van der Waals surface area (Å²) in [7, 11) is 1.18. The summed E-state index contributed by atoms with van der Waals surface area (Å²) in [6, 6.07) is 4.47. The summed E-state index contributed by atoms with van der Waals surface area (Å²) in [5, 5.41) is 2.98. The quantitative estimate of drug-likeness (QED) is 0.719. The number of hydrogen-bond acceptors (Lipinski definition) is 5. The number of carbonyl (C=O) groups is 1. The van der Waals surface area contributed by atoms with Crippen LogP contribution in [0.25, 0.3) is 0 Å². The summed E-state index contributed by atoms with van der Waals surface area (Å²) in [6.07, 6.45) is 3.73. The summed E-state index contributed by atoms with van der Waals surface area (Å²) in [5.74, 6) is 0.00939. The van der Waals surface area contributed by atoms with Gasteiger partial charge in [-0.25, -0.2) is 13.1 Å². The lowest BCUT2D eigenvalue weighted by atomic mass is 10.2. The Kier molecular flexibility index (Phi) is 6.80. The number of rotatable bonds is 8. The van der Waals surface area contributed by atoms with Gasteiger partial charge < -0.3 is 15.0 Å². The summed E-state index contributed by atoms with van der Waals surface area (Å²) < 4.78 is 33.5. The second-order valence-corrected chi connectivity index (χ2v) is 7.98. The predicted octanol–water partition coefficient (Wildman–Crippen LogP) is 1.21. The molecule has 1 saturated carbocycles. The van der Waals surface area contributed by atoms with Gasteiger partial charge in [0.05, 0.1) is 7.11 Å². The lowest BCUT2D eigenvalue weighted by molar-refractivity contribution is 0.0796. The van der Waals surface area contributed by atoms with Crippen molar-refractivity contribution in [3.8, 4) is 5.75 Å². The summed E-state index contributed by atoms with van der Waals surface area (Å²) in [6.45, 7) is 1.19. The Hall–Kier alpha value is -1.64. The van der Waals surface area contributed by atoms with Crippen LogP contribution in [0.4, 0.5) is 0 Å². The largest absolute Gasteiger partial charge is 0.495 e. The highest BCUT2D eigenvalue weighted by Gasteiger charge is 2.27. The number of nitrogens with one attached hydrogen (secondary N) is 2. The molecular weight excluding hydrogens is 342 g/mol. The van der Waals surface area contributed by atoms with Crippen molar-refractivity contribution in [2.75, 3.05) is 34.3 Å². The number of nitrogens with zero attached hydrogens (tertiary/aromatic N) is 1. The zero-order chi connectivity index (χ0) is 18.4. The molecule has 0 bridgehead atoms. The normalized spacial score (nSPS) is 15.3. The van der Waals surface area contributed by atoms with E-state index in [9.17, 15) is 13.2 Å². The SMILES string of the molecule is CNCCN(C)C(=O)c1ccc(OC)c(S(=O)(=O)NC2CCCC2)c1. The molecule has 1 aliphatic carbocycles. The molecular formula is C17H27N3O4S. The number of methoxy groups -OCH3 is 1. The number of benzene rings is 1. The minimum atomic E-state index is -3.74. The number of carbonyl (C=O) groups excluding carboxylic acids is 1. The van der Waals surface area contributed by atoms with Crippen LogP contribution in [-0.2, 0) is 10.0 Å². The van der Waals surface area contributed by atoms with Gasteiger partial charge in [0.15, 0.2) is 0 Å². The number of sulfonamides is 1. The molecule has 0 spiro atoms. The van der Waals surface area contributed by atoms with E-state index >= 15 is 0 Å². The minimum Gasteiger partial charge on any atom is -0.495 e. The Morgan fingerprint density at radius 3 is 2.60 bits per heavy atom. The van der Waals surface area contributed by atoms with Crippen LogP contribution in [0.3, 0.4) is 0 Å². The van der Waals surface area contributed by atoms with E-state index < -0.39 is 10.0 Å². The zero-order valence-corrected chi connectivity index (χ0v) is 15.9. The van der Waals surface area contributed by atoms with Gasteiger partial charge in [-0.3, -0.25) is 4.79 Å². The van der Waals surface area contributed by atoms with Crippen molar-refractivity contribution in [2.24, 2.45) is 0 Å². The maximum atomic E-state index is 12.8. The monoisotopic (exact) mass is 369 g/mol. The van der Waals surface area contributed by atoms with Gasteiger partial charge in [-0.2, -0.15) is 0 Å². The van der Waals surface area contributed by atoms with Crippen LogP contribution in [0.2, 0.25) is 0 Å². The van der Waals surface area contributed by atoms with Crippen molar-refractivity contribution in [3.05, 3.63) is 23.8 Å². The summed E-state index contributed by atoms with van der Waals surface area (Å²) in [5.41, 5.74) is 0.325. The fourth-order valence-electron chi connectivity index (χ4n) is 2.95. The molecule has 0 saturated heterocycles. The summed E-state index contributed by atoms with van der Waals surface area (Å²) >= 11 is 0. The molecule has 140 valence electrons. The second kappa shape index (κ2) is 8.64. The fourth-order valence-corrected chi connectivity index (χ4v) is 4.45. The van der Waals surface area contributed by atoms with E-state index in [0.29, 0.717) is 18.7 Å². The molecule has 0 aromatic heterocycles. The van der Waals surface area contributed by atoms with Crippen molar-refractivity contribution < 1.29 is 17.9 Å². The molecule has 2 rings (SSSR count). The Morgan fingerprint density at radius 1 is 1.32 bits per heavy atom. The predicted molar refractivity (Wildman–Crippen MR) is 96.5 cm³/mol. The van der Waals surface area contributed by atoms with Crippen LogP contribution in [0.15, 0.2) is 23.1 Å². The highest BCUT2D eigenvalue weighted by atomic mass is 32.2. The van der Waals surface area contributed by atoms with E-state index in [2.05, 4.69) is 10.0 Å². The minimum absolute atomic E-state index is 0.00904. The van der Waals surface area contributed by atoms with Gasteiger partial charge in [-0.15, -0.1) is 0 Å². The van der Waals surface area contributed by atoms with Crippen LogP contribution in [0.5, 0.6) is 5.75 Å². The molecule has 0 unspecified atom stereocenters. The Labute approximate surface area is 149 Å². The molecule has 7 nitrogen and oxygen atoms in total. The average molecular weight is 369 g/mol. The van der Waals surface area contributed by atoms with E-state index in [-0.39, 0.29) is 22.6 Å². The van der Waals surface area contributed by atoms with Crippen molar-refractivity contribution in [1.29, 1.82) is 0 Å². The van der Waals surface area contributed by atoms with Gasteiger partial charge in [0, 0.05) is 31.7 Å². The molecule has 1 aliphatic rings. The molecule has 8 heteroatoms. The lowest BCUT2D eigenvalue weighted by Gasteiger charge is -2.19. The van der Waals surface area contributed by atoms with E-state index in [1.54, 1.807) is 18.0 Å². The highest BCUT2D eigenvalue weighted by molar-refractivity contribution is 7.89. The lowest BCUT2D eigenvalue weighted by Crippen LogP contribution is -2.34. The first-order valence-electron chi connectivity index (χ1n) is 8.49. The molecule has 1 aromatic carbocycles. The molecule has 1 aromatic rings. The molecule has 1 fully saturated rings. The standard InChI is InChI=1S/C17H27N3O4S/c1-18-10-11-20(2)17(21)13-8-9-15(24-3)16(12-13)25(22,23)19-14-6-4-5-7-14/h8-9,12,14,18-19H,4-7,10-11H2,1-3H3. The molecule has 0 atom stereocenters. The third kappa shape index (κ3) is 4.93. The summed E-state index contributed by atoms with van der Waals surface area (Å²) in [4.78, 5) is 14.1. The van der Waals surface area contributed by atoms with Gasteiger partial charge in [0.1, 0.15) is 10.6 Å². The first-order valence-corrected chi connectivity index (χ1v) is 9.98. The van der Waals surface area contributed by atoms with Crippen molar-refractivity contribution >= 4 is 15.9 Å². The van der Waals surface area contributed by atoms with Gasteiger partial charge in [-0.1, -0.05) is 12.8 Å². The molecule has 1 amide bonds. The van der Waals surface area contributed by atoms with Gasteiger partial charge >= 0.3 is 0 Å². The van der Waals surface area contributed by atoms with Crippen molar-refractivity contribution in [2.45, 2.75) is 36.6 Å². The van der Waals surface area contributed by atoms with E-state index in [0.717, 1.165) is 25.7 Å². The van der Waals surface area contributed by atoms with Crippen LogP contribution in [0, 0.1) is 0 Å². The number of ether oxygens (including phenoxy) is 1. The number of likely N-dealkylation sites (N-methyl/N-ethyl adjacent to an activating group) is 2. The second-order valence-electron chi connectivity index (χ2n) is 6.30. The Bertz CT molecular complexity index is 700. The Morgan fingerprint density at radius 2 is 2.00 bits per heavy atom. The van der Waals surface area contributed by atoms with Crippen molar-refractivity contribution in [3.63, 3.8) is 0 Å². The highest BCUT2D eigenvalue weighted by Crippen LogP contribution is 2.27. The number of hydrogen-bond donors (Lipinski definition) is 2. The maximum absolute atomic E-state index is 12.8. The van der Waals surface area contributed by atoms with E-state index in [1.165, 1.54) is 19.2 Å². The van der Waals surface area contributed by atoms with Crippen molar-refractivity contribution in [1.82, 2.24) is 14.9 Å². The molecule has 0 radical (unpaired) electrons. The average Bonchev–Trinajstić information content (AvgIpc) is 3.10. The zero-order valence-electron chi connectivity index (χ0n) is 15.0. The molecule has 0 heterocycles. The fraction of sp³-hybridized carbons (Fsp3) is 0.588. The first-order chi connectivity index (χ1) is 11.9. The van der Waals surface area contributed by atoms with Gasteiger partial charge in [-0.05, 0) is 38.1 Å². The Balaban J connectivity index is 2.28. The van der Waals surface area contributed by atoms with Gasteiger partial charge in [0.25, 0.3) is 5.91 Å². The van der Waals surface area contributed by atoms with Crippen LogP contribution >= 0.6 is 0 Å².